The molecular weight excluding hydrogens is 241 g/mol. The van der Waals surface area contributed by atoms with Gasteiger partial charge in [0.1, 0.15) is 5.52 Å². The number of imidazole rings is 1. The molecule has 96 valence electrons. The lowest BCUT2D eigenvalue weighted by atomic mass is 10.1. The summed E-state index contributed by atoms with van der Waals surface area (Å²) in [6.07, 6.45) is 0. The van der Waals surface area contributed by atoms with Crippen LogP contribution < -0.4 is 5.73 Å². The molecule has 4 heteroatoms. The van der Waals surface area contributed by atoms with E-state index in [9.17, 15) is 4.39 Å². The molecule has 0 atom stereocenters. The van der Waals surface area contributed by atoms with Gasteiger partial charge in [-0.2, -0.15) is 0 Å². The molecule has 1 aromatic heterocycles. The molecule has 3 aromatic rings. The summed E-state index contributed by atoms with van der Waals surface area (Å²) >= 11 is 0. The van der Waals surface area contributed by atoms with Gasteiger partial charge in [0.25, 0.3) is 0 Å². The third-order valence-electron chi connectivity index (χ3n) is 3.48. The highest BCUT2D eigenvalue weighted by Crippen LogP contribution is 2.27. The summed E-state index contributed by atoms with van der Waals surface area (Å²) in [5.74, 6) is -0.0537. The van der Waals surface area contributed by atoms with Crippen molar-refractivity contribution in [3.63, 3.8) is 0 Å². The van der Waals surface area contributed by atoms with Gasteiger partial charge in [-0.05, 0) is 43.2 Å². The number of hydrogen-bond donors (Lipinski definition) is 1. The van der Waals surface area contributed by atoms with E-state index in [4.69, 9.17) is 5.73 Å². The molecule has 0 fully saturated rings. The van der Waals surface area contributed by atoms with E-state index >= 15 is 0 Å². The number of halogens is 1. The van der Waals surface area contributed by atoms with Crippen LogP contribution in [0.3, 0.4) is 0 Å². The van der Waals surface area contributed by atoms with Gasteiger partial charge >= 0.3 is 0 Å². The fraction of sp³-hybridized carbons (Fsp3) is 0.133. The lowest BCUT2D eigenvalue weighted by Gasteiger charge is -2.11. The summed E-state index contributed by atoms with van der Waals surface area (Å²) in [5.41, 5.74) is 10.2. The Hall–Kier alpha value is -2.36. The van der Waals surface area contributed by atoms with E-state index in [1.165, 1.54) is 6.07 Å². The Bertz CT molecular complexity index is 774. The number of hydrogen-bond acceptors (Lipinski definition) is 2. The number of para-hydroxylation sites is 1. The van der Waals surface area contributed by atoms with Gasteiger partial charge < -0.3 is 5.73 Å². The van der Waals surface area contributed by atoms with E-state index in [2.05, 4.69) is 4.98 Å². The summed E-state index contributed by atoms with van der Waals surface area (Å²) in [5, 5.41) is 0. The van der Waals surface area contributed by atoms with Gasteiger partial charge in [-0.15, -0.1) is 0 Å². The molecule has 0 amide bonds. The van der Waals surface area contributed by atoms with Crippen molar-refractivity contribution in [1.29, 1.82) is 0 Å². The maximum atomic E-state index is 13.7. The quantitative estimate of drug-likeness (QED) is 0.724. The normalized spacial score (nSPS) is 11.1. The minimum Gasteiger partial charge on any atom is -0.369 e. The second-order valence-electron chi connectivity index (χ2n) is 4.63. The van der Waals surface area contributed by atoms with Crippen LogP contribution in [-0.4, -0.2) is 9.55 Å². The highest BCUT2D eigenvalue weighted by molar-refractivity contribution is 5.81. The number of anilines is 1. The van der Waals surface area contributed by atoms with E-state index < -0.39 is 0 Å². The van der Waals surface area contributed by atoms with Crippen molar-refractivity contribution in [1.82, 2.24) is 9.55 Å². The van der Waals surface area contributed by atoms with Crippen molar-refractivity contribution in [3.8, 4) is 5.69 Å². The molecule has 3 nitrogen and oxygen atoms in total. The lowest BCUT2D eigenvalue weighted by Crippen LogP contribution is -2.03. The summed E-state index contributed by atoms with van der Waals surface area (Å²) in [7, 11) is 0. The van der Waals surface area contributed by atoms with Gasteiger partial charge in [0.15, 0.2) is 5.82 Å². The molecule has 1 heterocycles. The van der Waals surface area contributed by atoms with Crippen LogP contribution in [0.25, 0.3) is 16.7 Å². The summed E-state index contributed by atoms with van der Waals surface area (Å²) in [6.45, 7) is 4.06. The second-order valence-corrected chi connectivity index (χ2v) is 4.63. The predicted octanol–water partition coefficient (Wildman–Crippen LogP) is 3.36. The van der Waals surface area contributed by atoms with Crippen LogP contribution in [0, 0.1) is 19.7 Å². The minimum atomic E-state index is -0.353. The predicted molar refractivity (Wildman–Crippen MR) is 74.9 cm³/mol. The van der Waals surface area contributed by atoms with Crippen molar-refractivity contribution in [2.75, 3.05) is 5.73 Å². The van der Waals surface area contributed by atoms with Gasteiger partial charge in [-0.1, -0.05) is 18.2 Å². The highest BCUT2D eigenvalue weighted by atomic mass is 19.1. The largest absolute Gasteiger partial charge is 0.369 e. The SMILES string of the molecule is Cc1cccc(-n2c(N)nc3c(F)cccc32)c1C. The molecule has 0 spiro atoms. The number of nitrogen functional groups attached to an aromatic ring is 1. The summed E-state index contributed by atoms with van der Waals surface area (Å²) in [4.78, 5) is 4.13. The Labute approximate surface area is 110 Å². The highest BCUT2D eigenvalue weighted by Gasteiger charge is 2.14. The molecule has 19 heavy (non-hydrogen) atoms. The van der Waals surface area contributed by atoms with E-state index in [1.807, 2.05) is 38.1 Å². The van der Waals surface area contributed by atoms with Crippen LogP contribution in [0.5, 0.6) is 0 Å². The third kappa shape index (κ3) is 1.68. The number of rotatable bonds is 1. The number of nitrogens with zero attached hydrogens (tertiary/aromatic N) is 2. The molecule has 2 aromatic carbocycles. The first-order chi connectivity index (χ1) is 9.09. The average molecular weight is 255 g/mol. The van der Waals surface area contributed by atoms with Crippen LogP contribution in [0.4, 0.5) is 10.3 Å². The molecule has 2 N–H and O–H groups in total. The van der Waals surface area contributed by atoms with Crippen molar-refractivity contribution < 1.29 is 4.39 Å². The smallest absolute Gasteiger partial charge is 0.206 e. The molecular formula is C15H14FN3. The maximum absolute atomic E-state index is 13.7. The first-order valence-electron chi connectivity index (χ1n) is 6.08. The molecule has 0 bridgehead atoms. The molecule has 0 aliphatic carbocycles. The molecule has 0 radical (unpaired) electrons. The van der Waals surface area contributed by atoms with Gasteiger partial charge in [-0.25, -0.2) is 9.37 Å². The lowest BCUT2D eigenvalue weighted by molar-refractivity contribution is 0.637. The van der Waals surface area contributed by atoms with Crippen LogP contribution in [0.1, 0.15) is 11.1 Å². The fourth-order valence-electron chi connectivity index (χ4n) is 2.31. The summed E-state index contributed by atoms with van der Waals surface area (Å²) < 4.78 is 15.5. The zero-order chi connectivity index (χ0) is 13.6. The van der Waals surface area contributed by atoms with Gasteiger partial charge in [0, 0.05) is 0 Å². The Kier molecular flexibility index (Phi) is 2.52. The van der Waals surface area contributed by atoms with Gasteiger partial charge in [-0.3, -0.25) is 4.57 Å². The maximum Gasteiger partial charge on any atom is 0.206 e. The van der Waals surface area contributed by atoms with Crippen LogP contribution in [0.2, 0.25) is 0 Å². The van der Waals surface area contributed by atoms with E-state index in [1.54, 1.807) is 10.6 Å². The summed E-state index contributed by atoms with van der Waals surface area (Å²) in [6, 6.07) is 10.8. The van der Waals surface area contributed by atoms with E-state index in [0.29, 0.717) is 17.0 Å². The second kappa shape index (κ2) is 4.09. The Morgan fingerprint density at radius 3 is 2.63 bits per heavy atom. The average Bonchev–Trinajstić information content (AvgIpc) is 2.71. The van der Waals surface area contributed by atoms with Crippen molar-refractivity contribution in [3.05, 3.63) is 53.3 Å². The number of fused-ring (bicyclic) bond motifs is 1. The van der Waals surface area contributed by atoms with Gasteiger partial charge in [0.2, 0.25) is 5.95 Å². The standard InChI is InChI=1S/C15H14FN3/c1-9-5-3-7-12(10(9)2)19-13-8-4-6-11(16)14(13)18-15(19)17/h3-8H,1-2H3,(H2,17,18). The minimum absolute atomic E-state index is 0.300. The zero-order valence-electron chi connectivity index (χ0n) is 10.8. The molecule has 0 saturated heterocycles. The number of aryl methyl sites for hydroxylation is 1. The monoisotopic (exact) mass is 255 g/mol. The molecule has 0 saturated carbocycles. The van der Waals surface area contributed by atoms with E-state index in [-0.39, 0.29) is 5.82 Å². The first-order valence-corrected chi connectivity index (χ1v) is 6.08. The van der Waals surface area contributed by atoms with E-state index in [0.717, 1.165) is 16.8 Å². The van der Waals surface area contributed by atoms with Gasteiger partial charge in [0.05, 0.1) is 11.2 Å². The third-order valence-corrected chi connectivity index (χ3v) is 3.48. The number of aromatic nitrogens is 2. The Morgan fingerprint density at radius 1 is 1.11 bits per heavy atom. The molecule has 0 aliphatic rings. The topological polar surface area (TPSA) is 43.8 Å². The van der Waals surface area contributed by atoms with Crippen molar-refractivity contribution >= 4 is 17.0 Å². The van der Waals surface area contributed by atoms with Crippen LogP contribution in [0.15, 0.2) is 36.4 Å². The fourth-order valence-corrected chi connectivity index (χ4v) is 2.31. The zero-order valence-corrected chi connectivity index (χ0v) is 10.8. The van der Waals surface area contributed by atoms with Crippen molar-refractivity contribution in [2.24, 2.45) is 0 Å². The van der Waals surface area contributed by atoms with Crippen LogP contribution in [-0.2, 0) is 0 Å². The Balaban J connectivity index is 2.40. The Morgan fingerprint density at radius 2 is 1.84 bits per heavy atom. The molecule has 3 rings (SSSR count). The molecule has 0 aliphatic heterocycles. The number of nitrogens with two attached hydrogens (primary N) is 1. The van der Waals surface area contributed by atoms with Crippen molar-refractivity contribution in [2.45, 2.75) is 13.8 Å². The first kappa shape index (κ1) is 11.7. The van der Waals surface area contributed by atoms with Crippen LogP contribution >= 0.6 is 0 Å². The number of benzene rings is 2. The molecule has 0 unspecified atom stereocenters.